The Labute approximate surface area is 315 Å². The highest BCUT2D eigenvalue weighted by Crippen LogP contribution is 2.44. The van der Waals surface area contributed by atoms with Crippen molar-refractivity contribution >= 4 is 49.6 Å². The Morgan fingerprint density at radius 2 is 0.926 bits per heavy atom. The molecule has 0 spiro atoms. The van der Waals surface area contributed by atoms with Gasteiger partial charge in [0.25, 0.3) is 0 Å². The van der Waals surface area contributed by atoms with Gasteiger partial charge in [-0.2, -0.15) is 0 Å². The highest BCUT2D eigenvalue weighted by atomic mass is 15.1. The van der Waals surface area contributed by atoms with Gasteiger partial charge in [-0.05, 0) is 93.4 Å². The van der Waals surface area contributed by atoms with E-state index in [1.165, 1.54) is 66.0 Å². The number of hydrogen-bond donors (Lipinski definition) is 0. The SMILES string of the molecule is c1ccc(-c2cccc(N(c3ccccc3)c3ccc(-c4ccc5c6c(-c7ccccc7)cccc6n(-c6ccccc6)c5c4)c4ccccc34)c2)cc1. The van der Waals surface area contributed by atoms with E-state index in [0.29, 0.717) is 0 Å². The molecule has 0 radical (unpaired) electrons. The summed E-state index contributed by atoms with van der Waals surface area (Å²) in [6, 6.07) is 78.8. The van der Waals surface area contributed by atoms with Crippen molar-refractivity contribution in [2.75, 3.05) is 4.90 Å². The van der Waals surface area contributed by atoms with E-state index in [1.807, 2.05) is 0 Å². The van der Waals surface area contributed by atoms with E-state index in [4.69, 9.17) is 0 Å². The van der Waals surface area contributed by atoms with Crippen molar-refractivity contribution in [2.45, 2.75) is 0 Å². The monoisotopic (exact) mass is 688 g/mol. The van der Waals surface area contributed by atoms with Gasteiger partial charge < -0.3 is 9.47 Å². The summed E-state index contributed by atoms with van der Waals surface area (Å²) in [5.41, 5.74) is 14.1. The maximum atomic E-state index is 2.42. The lowest BCUT2D eigenvalue weighted by atomic mass is 9.94. The lowest BCUT2D eigenvalue weighted by Crippen LogP contribution is -2.10. The molecule has 0 aliphatic rings. The summed E-state index contributed by atoms with van der Waals surface area (Å²) in [7, 11) is 0. The second-order valence-corrected chi connectivity index (χ2v) is 13.7. The van der Waals surface area contributed by atoms with Gasteiger partial charge >= 0.3 is 0 Å². The van der Waals surface area contributed by atoms with Gasteiger partial charge in [0.2, 0.25) is 0 Å². The Hall–Kier alpha value is -7.16. The van der Waals surface area contributed by atoms with Crippen molar-refractivity contribution in [3.05, 3.63) is 218 Å². The van der Waals surface area contributed by atoms with Crippen LogP contribution in [-0.2, 0) is 0 Å². The average molecular weight is 689 g/mol. The predicted octanol–water partition coefficient (Wildman–Crippen LogP) is 14.4. The van der Waals surface area contributed by atoms with Gasteiger partial charge in [0.05, 0.1) is 16.7 Å². The molecule has 0 atom stereocenters. The fourth-order valence-electron chi connectivity index (χ4n) is 8.14. The van der Waals surface area contributed by atoms with Gasteiger partial charge in [0.15, 0.2) is 0 Å². The standard InChI is InChI=1S/C52H36N2/c1-5-17-37(18-6-1)39-21-15-26-43(35-39)53(41-22-9-3-10-23-41)49-34-33-44(46-27-13-14-28-47(46)49)40-31-32-48-51(36-40)54(42-24-11-4-12-25-42)50-30-16-29-45(52(48)50)38-19-7-2-8-20-38/h1-36H. The molecule has 1 aromatic heterocycles. The molecule has 10 rings (SSSR count). The van der Waals surface area contributed by atoms with Crippen molar-refractivity contribution in [3.8, 4) is 39.1 Å². The van der Waals surface area contributed by atoms with Gasteiger partial charge in [-0.3, -0.25) is 0 Å². The highest BCUT2D eigenvalue weighted by molar-refractivity contribution is 6.17. The molecule has 0 unspecified atom stereocenters. The van der Waals surface area contributed by atoms with Crippen LogP contribution in [0, 0.1) is 0 Å². The van der Waals surface area contributed by atoms with E-state index < -0.39 is 0 Å². The van der Waals surface area contributed by atoms with Crippen molar-refractivity contribution < 1.29 is 0 Å². The molecule has 254 valence electrons. The Morgan fingerprint density at radius 1 is 0.315 bits per heavy atom. The average Bonchev–Trinajstić information content (AvgIpc) is 3.59. The zero-order valence-electron chi connectivity index (χ0n) is 29.7. The van der Waals surface area contributed by atoms with Crippen LogP contribution in [0.25, 0.3) is 71.6 Å². The molecular formula is C52H36N2. The highest BCUT2D eigenvalue weighted by Gasteiger charge is 2.20. The molecule has 10 aromatic rings. The van der Waals surface area contributed by atoms with Gasteiger partial charge in [0.1, 0.15) is 0 Å². The minimum Gasteiger partial charge on any atom is -0.310 e. The molecule has 0 amide bonds. The molecule has 2 nitrogen and oxygen atoms in total. The number of aromatic nitrogens is 1. The molecule has 2 heteroatoms. The van der Waals surface area contributed by atoms with E-state index in [1.54, 1.807) is 0 Å². The molecule has 0 aliphatic heterocycles. The second kappa shape index (κ2) is 13.4. The van der Waals surface area contributed by atoms with Crippen LogP contribution in [0.15, 0.2) is 218 Å². The summed E-state index contributed by atoms with van der Waals surface area (Å²) in [5.74, 6) is 0. The van der Waals surface area contributed by atoms with Crippen LogP contribution in [0.5, 0.6) is 0 Å². The van der Waals surface area contributed by atoms with Crippen LogP contribution < -0.4 is 4.90 Å². The van der Waals surface area contributed by atoms with Gasteiger partial charge in [-0.1, -0.05) is 164 Å². The number of anilines is 3. The maximum Gasteiger partial charge on any atom is 0.0547 e. The first-order valence-electron chi connectivity index (χ1n) is 18.5. The van der Waals surface area contributed by atoms with E-state index in [-0.39, 0.29) is 0 Å². The fourth-order valence-corrected chi connectivity index (χ4v) is 8.14. The first kappa shape index (κ1) is 31.6. The van der Waals surface area contributed by atoms with E-state index in [0.717, 1.165) is 22.7 Å². The number of fused-ring (bicyclic) bond motifs is 4. The van der Waals surface area contributed by atoms with Gasteiger partial charge in [-0.25, -0.2) is 0 Å². The lowest BCUT2D eigenvalue weighted by molar-refractivity contribution is 1.18. The minimum atomic E-state index is 1.11. The van der Waals surface area contributed by atoms with Crippen molar-refractivity contribution in [2.24, 2.45) is 0 Å². The van der Waals surface area contributed by atoms with Crippen molar-refractivity contribution in [3.63, 3.8) is 0 Å². The third-order valence-electron chi connectivity index (χ3n) is 10.6. The van der Waals surface area contributed by atoms with Crippen molar-refractivity contribution in [1.29, 1.82) is 0 Å². The lowest BCUT2D eigenvalue weighted by Gasteiger charge is -2.28. The summed E-state index contributed by atoms with van der Waals surface area (Å²) in [4.78, 5) is 2.39. The van der Waals surface area contributed by atoms with Crippen LogP contribution in [-0.4, -0.2) is 4.57 Å². The number of para-hydroxylation sites is 2. The summed E-state index contributed by atoms with van der Waals surface area (Å²) in [5, 5.41) is 4.91. The molecule has 9 aromatic carbocycles. The summed E-state index contributed by atoms with van der Waals surface area (Å²) in [6.07, 6.45) is 0. The van der Waals surface area contributed by atoms with Crippen LogP contribution in [0.4, 0.5) is 17.1 Å². The zero-order valence-corrected chi connectivity index (χ0v) is 29.7. The third-order valence-corrected chi connectivity index (χ3v) is 10.6. The van der Waals surface area contributed by atoms with Crippen molar-refractivity contribution in [1.82, 2.24) is 4.57 Å². The zero-order chi connectivity index (χ0) is 35.8. The molecule has 0 aliphatic carbocycles. The number of nitrogens with zero attached hydrogens (tertiary/aromatic N) is 2. The maximum absolute atomic E-state index is 2.42. The Bertz CT molecular complexity index is 2910. The minimum absolute atomic E-state index is 1.11. The summed E-state index contributed by atoms with van der Waals surface area (Å²) in [6.45, 7) is 0. The normalized spacial score (nSPS) is 11.3. The third kappa shape index (κ3) is 5.44. The van der Waals surface area contributed by atoms with E-state index in [9.17, 15) is 0 Å². The van der Waals surface area contributed by atoms with Crippen LogP contribution >= 0.6 is 0 Å². The number of rotatable bonds is 7. The molecule has 0 fully saturated rings. The predicted molar refractivity (Wildman–Crippen MR) is 229 cm³/mol. The van der Waals surface area contributed by atoms with E-state index >= 15 is 0 Å². The smallest absolute Gasteiger partial charge is 0.0547 e. The Kier molecular flexibility index (Phi) is 7.85. The van der Waals surface area contributed by atoms with Crippen LogP contribution in [0.2, 0.25) is 0 Å². The number of hydrogen-bond acceptors (Lipinski definition) is 1. The second-order valence-electron chi connectivity index (χ2n) is 13.7. The number of benzene rings is 9. The molecule has 0 saturated heterocycles. The molecule has 1 heterocycles. The first-order valence-corrected chi connectivity index (χ1v) is 18.5. The summed E-state index contributed by atoms with van der Waals surface area (Å²) >= 11 is 0. The molecule has 0 N–H and O–H groups in total. The topological polar surface area (TPSA) is 8.17 Å². The van der Waals surface area contributed by atoms with E-state index in [2.05, 4.69) is 228 Å². The first-order chi connectivity index (χ1) is 26.8. The fraction of sp³-hybridized carbons (Fsp3) is 0. The van der Waals surface area contributed by atoms with Gasteiger partial charge in [0, 0.05) is 33.2 Å². The van der Waals surface area contributed by atoms with Crippen LogP contribution in [0.1, 0.15) is 0 Å². The van der Waals surface area contributed by atoms with Crippen LogP contribution in [0.3, 0.4) is 0 Å². The molecule has 54 heavy (non-hydrogen) atoms. The Balaban J connectivity index is 1.18. The molecular weight excluding hydrogens is 653 g/mol. The Morgan fingerprint density at radius 3 is 1.69 bits per heavy atom. The summed E-state index contributed by atoms with van der Waals surface area (Å²) < 4.78 is 2.42. The van der Waals surface area contributed by atoms with Gasteiger partial charge in [-0.15, -0.1) is 0 Å². The molecule has 0 saturated carbocycles. The largest absolute Gasteiger partial charge is 0.310 e. The molecule has 0 bridgehead atoms. The quantitative estimate of drug-likeness (QED) is 0.162.